The summed E-state index contributed by atoms with van der Waals surface area (Å²) in [5.41, 5.74) is 6.81. The summed E-state index contributed by atoms with van der Waals surface area (Å²) in [4.78, 5) is 5.72. The number of anilines is 1. The molecule has 0 fully saturated rings. The molecule has 7 heteroatoms. The molecule has 0 unspecified atom stereocenters. The van der Waals surface area contributed by atoms with Crippen LogP contribution in [0, 0.1) is 11.3 Å². The number of nitrogens with two attached hydrogens (primary N) is 1. The van der Waals surface area contributed by atoms with E-state index in [0.29, 0.717) is 23.7 Å². The van der Waals surface area contributed by atoms with Crippen molar-refractivity contribution in [1.29, 1.82) is 5.26 Å². The van der Waals surface area contributed by atoms with E-state index in [4.69, 9.17) is 15.2 Å². The second-order valence-electron chi connectivity index (χ2n) is 3.93. The summed E-state index contributed by atoms with van der Waals surface area (Å²) in [5.74, 6) is 1.36. The third-order valence-corrected chi connectivity index (χ3v) is 3.43. The third kappa shape index (κ3) is 2.42. The Hall–Kier alpha value is -2.20. The van der Waals surface area contributed by atoms with Crippen molar-refractivity contribution in [1.82, 2.24) is 0 Å². The normalized spacial score (nSPS) is 14.2. The Kier molecular flexibility index (Phi) is 4.15. The van der Waals surface area contributed by atoms with Gasteiger partial charge in [-0.05, 0) is 22.0 Å². The maximum atomic E-state index is 9.22. The van der Waals surface area contributed by atoms with E-state index >= 15 is 0 Å². The Morgan fingerprint density at radius 3 is 2.75 bits per heavy atom. The molecule has 0 aromatic heterocycles. The van der Waals surface area contributed by atoms with Crippen LogP contribution in [0.25, 0.3) is 0 Å². The Labute approximate surface area is 125 Å². The number of hydrogen-bond donors (Lipinski definition) is 1. The smallest absolute Gasteiger partial charge is 0.175 e. The molecule has 2 N–H and O–H groups in total. The molecule has 1 heterocycles. The van der Waals surface area contributed by atoms with Gasteiger partial charge in [0.2, 0.25) is 0 Å². The second-order valence-corrected chi connectivity index (χ2v) is 4.79. The maximum Gasteiger partial charge on any atom is 0.175 e. The molecule has 1 aliphatic heterocycles. The molecule has 0 aliphatic carbocycles. The summed E-state index contributed by atoms with van der Waals surface area (Å²) >= 11 is 3.43. The number of methoxy groups -OCH3 is 2. The molecular weight excluding hydrogens is 324 g/mol. The first kappa shape index (κ1) is 14.2. The molecule has 0 spiro atoms. The van der Waals surface area contributed by atoms with Crippen LogP contribution in [0.2, 0.25) is 0 Å². The summed E-state index contributed by atoms with van der Waals surface area (Å²) in [5, 5.41) is 9.22. The van der Waals surface area contributed by atoms with Crippen LogP contribution < -0.4 is 20.1 Å². The average molecular weight is 337 g/mol. The van der Waals surface area contributed by atoms with Gasteiger partial charge < -0.3 is 20.1 Å². The molecule has 6 nitrogen and oxygen atoms in total. The predicted octanol–water partition coefficient (Wildman–Crippen LogP) is 2.01. The highest BCUT2D eigenvalue weighted by molar-refractivity contribution is 9.10. The van der Waals surface area contributed by atoms with Gasteiger partial charge in [0.1, 0.15) is 6.07 Å². The standard InChI is InChI=1S/C13H13BrN4O2/c1-19-11-6-8(5-9(14)12(11)20-2)18-4-3-17-13(16)10(18)7-15/h3,5-6H,4,16H2,1-2H3. The lowest BCUT2D eigenvalue weighted by Gasteiger charge is -2.26. The molecule has 0 atom stereocenters. The van der Waals surface area contributed by atoms with Gasteiger partial charge in [0.05, 0.1) is 25.2 Å². The van der Waals surface area contributed by atoms with Crippen LogP contribution in [-0.2, 0) is 0 Å². The van der Waals surface area contributed by atoms with Crippen molar-refractivity contribution >= 4 is 27.8 Å². The number of nitriles is 1. The van der Waals surface area contributed by atoms with Crippen molar-refractivity contribution in [2.45, 2.75) is 0 Å². The first-order chi connectivity index (χ1) is 9.62. The van der Waals surface area contributed by atoms with Crippen LogP contribution in [-0.4, -0.2) is 27.0 Å². The number of halogens is 1. The fourth-order valence-corrected chi connectivity index (χ4v) is 2.52. The van der Waals surface area contributed by atoms with Gasteiger partial charge in [-0.1, -0.05) is 0 Å². The predicted molar refractivity (Wildman–Crippen MR) is 79.9 cm³/mol. The first-order valence-electron chi connectivity index (χ1n) is 5.73. The first-order valence-corrected chi connectivity index (χ1v) is 6.53. The number of allylic oxidation sites excluding steroid dienone is 1. The fourth-order valence-electron chi connectivity index (χ4n) is 1.92. The number of aliphatic imine (C=N–C) groups is 1. The van der Waals surface area contributed by atoms with Gasteiger partial charge in [0, 0.05) is 18.0 Å². The monoisotopic (exact) mass is 336 g/mol. The topological polar surface area (TPSA) is 83.9 Å². The Balaban J connectivity index is 2.52. The highest BCUT2D eigenvalue weighted by atomic mass is 79.9. The van der Waals surface area contributed by atoms with E-state index in [1.54, 1.807) is 31.4 Å². The Morgan fingerprint density at radius 1 is 1.40 bits per heavy atom. The minimum absolute atomic E-state index is 0.199. The molecule has 1 aromatic rings. The molecule has 0 saturated carbocycles. The van der Waals surface area contributed by atoms with E-state index in [1.165, 1.54) is 0 Å². The summed E-state index contributed by atoms with van der Waals surface area (Å²) in [6, 6.07) is 5.69. The quantitative estimate of drug-likeness (QED) is 0.912. The molecule has 0 amide bonds. The van der Waals surface area contributed by atoms with Gasteiger partial charge in [-0.3, -0.25) is 0 Å². The SMILES string of the molecule is COc1cc(N2CC=NC(N)=C2C#N)cc(Br)c1OC. The molecule has 0 saturated heterocycles. The van der Waals surface area contributed by atoms with Crippen molar-refractivity contribution in [3.8, 4) is 17.6 Å². The van der Waals surface area contributed by atoms with Crippen LogP contribution in [0.1, 0.15) is 0 Å². The van der Waals surface area contributed by atoms with Gasteiger partial charge in [0.25, 0.3) is 0 Å². The van der Waals surface area contributed by atoms with Crippen LogP contribution in [0.5, 0.6) is 11.5 Å². The second kappa shape index (κ2) is 5.84. The lowest BCUT2D eigenvalue weighted by Crippen LogP contribution is -2.29. The Morgan fingerprint density at radius 2 is 2.15 bits per heavy atom. The van der Waals surface area contributed by atoms with Crippen molar-refractivity contribution in [2.24, 2.45) is 10.7 Å². The van der Waals surface area contributed by atoms with E-state index in [1.807, 2.05) is 6.07 Å². The number of nitrogens with zero attached hydrogens (tertiary/aromatic N) is 3. The van der Waals surface area contributed by atoms with Crippen LogP contribution in [0.3, 0.4) is 0 Å². The molecule has 0 radical (unpaired) electrons. The highest BCUT2D eigenvalue weighted by Gasteiger charge is 2.20. The molecular formula is C13H13BrN4O2. The highest BCUT2D eigenvalue weighted by Crippen LogP contribution is 2.40. The van der Waals surface area contributed by atoms with Crippen molar-refractivity contribution in [2.75, 3.05) is 25.7 Å². The lowest BCUT2D eigenvalue weighted by molar-refractivity contribution is 0.353. The molecule has 0 bridgehead atoms. The van der Waals surface area contributed by atoms with Gasteiger partial charge >= 0.3 is 0 Å². The molecule has 104 valence electrons. The van der Waals surface area contributed by atoms with E-state index in [9.17, 15) is 5.26 Å². The molecule has 20 heavy (non-hydrogen) atoms. The molecule has 2 rings (SSSR count). The van der Waals surface area contributed by atoms with Crippen molar-refractivity contribution in [3.63, 3.8) is 0 Å². The van der Waals surface area contributed by atoms with Gasteiger partial charge in [-0.15, -0.1) is 0 Å². The minimum Gasteiger partial charge on any atom is -0.493 e. The van der Waals surface area contributed by atoms with Crippen molar-refractivity contribution in [3.05, 3.63) is 28.1 Å². The van der Waals surface area contributed by atoms with E-state index in [0.717, 1.165) is 10.2 Å². The van der Waals surface area contributed by atoms with E-state index < -0.39 is 0 Å². The summed E-state index contributed by atoms with van der Waals surface area (Å²) in [6.45, 7) is 0.464. The Bertz CT molecular complexity index is 634. The zero-order chi connectivity index (χ0) is 14.7. The van der Waals surface area contributed by atoms with Crippen LogP contribution in [0.15, 0.2) is 33.1 Å². The number of hydrogen-bond acceptors (Lipinski definition) is 6. The van der Waals surface area contributed by atoms with Crippen LogP contribution >= 0.6 is 15.9 Å². The van der Waals surface area contributed by atoms with E-state index in [2.05, 4.69) is 27.0 Å². The molecule has 1 aromatic carbocycles. The number of rotatable bonds is 3. The number of ether oxygens (including phenoxy) is 2. The van der Waals surface area contributed by atoms with Gasteiger partial charge in [-0.25, -0.2) is 4.99 Å². The lowest BCUT2D eigenvalue weighted by atomic mass is 10.2. The average Bonchev–Trinajstić information content (AvgIpc) is 2.46. The van der Waals surface area contributed by atoms with Gasteiger partial charge in [-0.2, -0.15) is 5.26 Å². The van der Waals surface area contributed by atoms with E-state index in [-0.39, 0.29) is 5.82 Å². The zero-order valence-electron chi connectivity index (χ0n) is 11.1. The fraction of sp³-hybridized carbons (Fsp3) is 0.231. The van der Waals surface area contributed by atoms with Gasteiger partial charge in [0.15, 0.2) is 23.0 Å². The van der Waals surface area contributed by atoms with Crippen molar-refractivity contribution < 1.29 is 9.47 Å². The summed E-state index contributed by atoms with van der Waals surface area (Å²) in [7, 11) is 3.12. The molecule has 1 aliphatic rings. The minimum atomic E-state index is 0.199. The summed E-state index contributed by atoms with van der Waals surface area (Å²) < 4.78 is 11.3. The maximum absolute atomic E-state index is 9.22. The zero-order valence-corrected chi connectivity index (χ0v) is 12.6. The summed E-state index contributed by atoms with van der Waals surface area (Å²) in [6.07, 6.45) is 1.65. The largest absolute Gasteiger partial charge is 0.493 e. The van der Waals surface area contributed by atoms with Crippen LogP contribution in [0.4, 0.5) is 5.69 Å². The number of benzene rings is 1. The third-order valence-electron chi connectivity index (χ3n) is 2.84.